The quantitative estimate of drug-likeness (QED) is 0.825. The summed E-state index contributed by atoms with van der Waals surface area (Å²) in [7, 11) is 0. The van der Waals surface area contributed by atoms with Gasteiger partial charge in [-0.3, -0.25) is 9.69 Å². The molecule has 2 bridgehead atoms. The lowest BCUT2D eigenvalue weighted by Crippen LogP contribution is -2.46. The van der Waals surface area contributed by atoms with Crippen LogP contribution in [0.25, 0.3) is 0 Å². The van der Waals surface area contributed by atoms with Crippen LogP contribution in [0.3, 0.4) is 0 Å². The molecule has 3 nitrogen and oxygen atoms in total. The SMILES string of the molecule is O=c1cccc2n1C[C@@H]1C[C@H]2CN(Cc2cccc(Cl)c2Cl)C1. The van der Waals surface area contributed by atoms with Crippen molar-refractivity contribution >= 4 is 23.2 Å². The average Bonchev–Trinajstić information content (AvgIpc) is 2.53. The van der Waals surface area contributed by atoms with Crippen LogP contribution < -0.4 is 5.56 Å². The lowest BCUT2D eigenvalue weighted by molar-refractivity contribution is 0.114. The minimum Gasteiger partial charge on any atom is -0.312 e. The zero-order chi connectivity index (χ0) is 16.0. The van der Waals surface area contributed by atoms with Crippen LogP contribution in [0.15, 0.2) is 41.2 Å². The number of nitrogens with zero attached hydrogens (tertiary/aromatic N) is 2. The standard InChI is InChI=1S/C18H18Cl2N2O/c19-15-4-1-3-13(18(15)20)10-21-8-12-7-14(11-21)16-5-2-6-17(23)22(16)9-12/h1-6,12,14H,7-11H2/t12-,14+/m1/s1. The maximum Gasteiger partial charge on any atom is 0.250 e. The molecule has 0 N–H and O–H groups in total. The summed E-state index contributed by atoms with van der Waals surface area (Å²) >= 11 is 12.5. The third-order valence-electron chi connectivity index (χ3n) is 4.98. The number of halogens is 2. The number of aromatic nitrogens is 1. The van der Waals surface area contributed by atoms with Gasteiger partial charge in [0, 0.05) is 43.9 Å². The maximum absolute atomic E-state index is 12.1. The van der Waals surface area contributed by atoms with E-state index in [1.165, 1.54) is 12.1 Å². The second kappa shape index (κ2) is 5.97. The first-order chi connectivity index (χ1) is 11.1. The van der Waals surface area contributed by atoms with E-state index in [1.807, 2.05) is 28.8 Å². The fourth-order valence-corrected chi connectivity index (χ4v) is 4.42. The molecule has 4 rings (SSSR count). The van der Waals surface area contributed by atoms with Gasteiger partial charge in [0.1, 0.15) is 0 Å². The molecule has 0 saturated carbocycles. The first-order valence-corrected chi connectivity index (χ1v) is 8.72. The lowest BCUT2D eigenvalue weighted by Gasteiger charge is -2.42. The summed E-state index contributed by atoms with van der Waals surface area (Å²) in [6.07, 6.45) is 1.17. The summed E-state index contributed by atoms with van der Waals surface area (Å²) in [6.45, 7) is 3.59. The van der Waals surface area contributed by atoms with Crippen molar-refractivity contribution in [3.8, 4) is 0 Å². The number of likely N-dealkylation sites (tertiary alicyclic amines) is 1. The molecule has 0 radical (unpaired) electrons. The van der Waals surface area contributed by atoms with E-state index in [1.54, 1.807) is 6.07 Å². The van der Waals surface area contributed by atoms with Crippen molar-refractivity contribution in [2.75, 3.05) is 13.1 Å². The van der Waals surface area contributed by atoms with E-state index < -0.39 is 0 Å². The van der Waals surface area contributed by atoms with E-state index in [-0.39, 0.29) is 5.56 Å². The molecule has 1 fully saturated rings. The second-order valence-electron chi connectivity index (χ2n) is 6.61. The minimum atomic E-state index is 0.128. The average molecular weight is 349 g/mol. The van der Waals surface area contributed by atoms with Gasteiger partial charge in [-0.15, -0.1) is 0 Å². The van der Waals surface area contributed by atoms with Crippen LogP contribution >= 0.6 is 23.2 Å². The van der Waals surface area contributed by atoms with Crippen molar-refractivity contribution in [2.24, 2.45) is 5.92 Å². The van der Waals surface area contributed by atoms with E-state index in [4.69, 9.17) is 23.2 Å². The molecule has 2 aliphatic rings. The monoisotopic (exact) mass is 348 g/mol. The molecular weight excluding hydrogens is 331 g/mol. The number of pyridine rings is 1. The van der Waals surface area contributed by atoms with E-state index in [9.17, 15) is 4.79 Å². The Balaban J connectivity index is 1.59. The first kappa shape index (κ1) is 15.3. The highest BCUT2D eigenvalue weighted by Crippen LogP contribution is 2.36. The second-order valence-corrected chi connectivity index (χ2v) is 7.39. The zero-order valence-electron chi connectivity index (χ0n) is 12.7. The summed E-state index contributed by atoms with van der Waals surface area (Å²) in [5.41, 5.74) is 2.38. The molecule has 2 atom stereocenters. The van der Waals surface area contributed by atoms with Gasteiger partial charge in [0.05, 0.1) is 10.0 Å². The van der Waals surface area contributed by atoms with Crippen LogP contribution in [0.1, 0.15) is 23.6 Å². The number of piperidine rings is 1. The van der Waals surface area contributed by atoms with Gasteiger partial charge in [-0.2, -0.15) is 0 Å². The summed E-state index contributed by atoms with van der Waals surface area (Å²) in [5, 5.41) is 1.26. The zero-order valence-corrected chi connectivity index (χ0v) is 14.2. The normalized spacial score (nSPS) is 23.6. The van der Waals surface area contributed by atoms with Crippen molar-refractivity contribution in [1.29, 1.82) is 0 Å². The maximum atomic E-state index is 12.1. The van der Waals surface area contributed by atoms with E-state index in [0.717, 1.165) is 31.7 Å². The van der Waals surface area contributed by atoms with E-state index in [2.05, 4.69) is 11.0 Å². The molecule has 2 aromatic rings. The summed E-state index contributed by atoms with van der Waals surface area (Å²) in [6, 6.07) is 11.4. The summed E-state index contributed by atoms with van der Waals surface area (Å²) in [5.74, 6) is 0.952. The molecule has 2 aliphatic heterocycles. The molecule has 0 unspecified atom stereocenters. The number of hydrogen-bond acceptors (Lipinski definition) is 2. The number of rotatable bonds is 2. The van der Waals surface area contributed by atoms with Gasteiger partial charge in [-0.05, 0) is 30.0 Å². The Morgan fingerprint density at radius 2 is 1.87 bits per heavy atom. The van der Waals surface area contributed by atoms with Crippen molar-refractivity contribution in [2.45, 2.75) is 25.4 Å². The van der Waals surface area contributed by atoms with E-state index >= 15 is 0 Å². The fourth-order valence-electron chi connectivity index (χ4n) is 4.04. The number of hydrogen-bond donors (Lipinski definition) is 0. The van der Waals surface area contributed by atoms with Crippen molar-refractivity contribution in [1.82, 2.24) is 9.47 Å². The molecular formula is C18H18Cl2N2O. The van der Waals surface area contributed by atoms with Gasteiger partial charge in [0.2, 0.25) is 0 Å². The molecule has 23 heavy (non-hydrogen) atoms. The number of fused-ring (bicyclic) bond motifs is 4. The Kier molecular flexibility index (Phi) is 3.96. The van der Waals surface area contributed by atoms with Crippen LogP contribution in [0.2, 0.25) is 10.0 Å². The molecule has 3 heterocycles. The topological polar surface area (TPSA) is 25.2 Å². The van der Waals surface area contributed by atoms with Gasteiger partial charge in [-0.25, -0.2) is 0 Å². The Morgan fingerprint density at radius 1 is 1.04 bits per heavy atom. The van der Waals surface area contributed by atoms with Gasteiger partial charge in [0.25, 0.3) is 5.56 Å². The summed E-state index contributed by atoms with van der Waals surface area (Å²) in [4.78, 5) is 14.5. The molecule has 120 valence electrons. The molecule has 0 amide bonds. The third kappa shape index (κ3) is 2.82. The van der Waals surface area contributed by atoms with Crippen LogP contribution in [-0.2, 0) is 13.1 Å². The smallest absolute Gasteiger partial charge is 0.250 e. The number of benzene rings is 1. The Hall–Kier alpha value is -1.29. The van der Waals surface area contributed by atoms with Gasteiger partial charge >= 0.3 is 0 Å². The Bertz CT molecular complexity index is 802. The van der Waals surface area contributed by atoms with Gasteiger partial charge in [0.15, 0.2) is 0 Å². The third-order valence-corrected chi connectivity index (χ3v) is 5.84. The highest BCUT2D eigenvalue weighted by molar-refractivity contribution is 6.42. The predicted molar refractivity (Wildman–Crippen MR) is 93.3 cm³/mol. The highest BCUT2D eigenvalue weighted by Gasteiger charge is 2.34. The summed E-state index contributed by atoms with van der Waals surface area (Å²) < 4.78 is 1.96. The lowest BCUT2D eigenvalue weighted by atomic mass is 9.83. The predicted octanol–water partition coefficient (Wildman–Crippen LogP) is 3.77. The van der Waals surface area contributed by atoms with E-state index in [0.29, 0.717) is 21.9 Å². The van der Waals surface area contributed by atoms with Crippen LogP contribution in [0.5, 0.6) is 0 Å². The fraction of sp³-hybridized carbons (Fsp3) is 0.389. The van der Waals surface area contributed by atoms with Crippen molar-refractivity contribution < 1.29 is 0 Å². The molecule has 0 aliphatic carbocycles. The molecule has 1 aromatic carbocycles. The molecule has 1 aromatic heterocycles. The van der Waals surface area contributed by atoms with Crippen LogP contribution in [0.4, 0.5) is 0 Å². The molecule has 5 heteroatoms. The van der Waals surface area contributed by atoms with Gasteiger partial charge < -0.3 is 4.57 Å². The molecule has 0 spiro atoms. The van der Waals surface area contributed by atoms with Gasteiger partial charge in [-0.1, -0.05) is 41.4 Å². The van der Waals surface area contributed by atoms with Crippen molar-refractivity contribution in [3.63, 3.8) is 0 Å². The Labute approximate surface area is 145 Å². The highest BCUT2D eigenvalue weighted by atomic mass is 35.5. The van der Waals surface area contributed by atoms with Crippen LogP contribution in [0, 0.1) is 5.92 Å². The van der Waals surface area contributed by atoms with Crippen LogP contribution in [-0.4, -0.2) is 22.6 Å². The Morgan fingerprint density at radius 3 is 2.74 bits per heavy atom. The first-order valence-electron chi connectivity index (χ1n) is 7.97. The van der Waals surface area contributed by atoms with Crippen molar-refractivity contribution in [3.05, 3.63) is 68.1 Å². The molecule has 1 saturated heterocycles. The largest absolute Gasteiger partial charge is 0.312 e. The minimum absolute atomic E-state index is 0.128.